The fourth-order valence-corrected chi connectivity index (χ4v) is 5.43. The van der Waals surface area contributed by atoms with Crippen LogP contribution in [-0.4, -0.2) is 71.6 Å². The minimum absolute atomic E-state index is 0.0284. The number of fused-ring (bicyclic) bond motifs is 1. The quantitative estimate of drug-likeness (QED) is 0.238. The molecule has 212 valence electrons. The van der Waals surface area contributed by atoms with Crippen LogP contribution in [0.5, 0.6) is 5.88 Å². The summed E-state index contributed by atoms with van der Waals surface area (Å²) in [6.45, 7) is 4.70. The third-order valence-corrected chi connectivity index (χ3v) is 8.01. The first-order valence-corrected chi connectivity index (χ1v) is 14.1. The summed E-state index contributed by atoms with van der Waals surface area (Å²) in [4.78, 5) is 27.1. The van der Waals surface area contributed by atoms with E-state index in [1.165, 1.54) is 52.3 Å². The number of piperidine rings is 1. The van der Waals surface area contributed by atoms with Crippen molar-refractivity contribution in [1.82, 2.24) is 29.6 Å². The molecule has 3 aromatic heterocycles. The number of carbonyl (C=O) groups is 1. The molecule has 4 aromatic rings. The molecule has 2 aliphatic rings. The zero-order valence-electron chi connectivity index (χ0n) is 22.0. The Morgan fingerprint density at radius 2 is 1.71 bits per heavy atom. The summed E-state index contributed by atoms with van der Waals surface area (Å²) in [7, 11) is 0. The minimum atomic E-state index is -4.83. The standard InChI is InChI=1S/C28H25AsF4N6O2/c1-27(2,29)16-10-21(15-4-6-17(30)7-5-15)36-22(11-16)41-23-18-12-38(13-19(18)23)25(40)20-14-39(26-34-8-3-9-35-26)37-24(20)28(31,32)33/h3-11,14,18-19,23H,12-13,29H2,1-2H3/t18-,19+,23?. The summed E-state index contributed by atoms with van der Waals surface area (Å²) < 4.78 is 61.8. The molecule has 1 aromatic carbocycles. The molecule has 8 nitrogen and oxygen atoms in total. The second kappa shape index (κ2) is 9.94. The van der Waals surface area contributed by atoms with Crippen molar-refractivity contribution in [1.29, 1.82) is 0 Å². The summed E-state index contributed by atoms with van der Waals surface area (Å²) in [6, 6.07) is 11.5. The van der Waals surface area contributed by atoms with Gasteiger partial charge in [-0.05, 0) is 6.07 Å². The molecule has 0 spiro atoms. The van der Waals surface area contributed by atoms with E-state index in [1.807, 2.05) is 12.1 Å². The number of amides is 1. The van der Waals surface area contributed by atoms with E-state index < -0.39 is 23.3 Å². The summed E-state index contributed by atoms with van der Waals surface area (Å²) in [5.74, 6) is -0.791. The molecule has 1 aliphatic heterocycles. The summed E-state index contributed by atoms with van der Waals surface area (Å²) in [5, 5.41) is 3.58. The number of nitrogens with zero attached hydrogens (tertiary/aromatic N) is 6. The molecule has 0 N–H and O–H groups in total. The van der Waals surface area contributed by atoms with Crippen molar-refractivity contribution in [2.45, 2.75) is 30.3 Å². The first-order chi connectivity index (χ1) is 19.4. The predicted octanol–water partition coefficient (Wildman–Crippen LogP) is 3.90. The molecule has 1 amide bonds. The Kier molecular flexibility index (Phi) is 6.64. The van der Waals surface area contributed by atoms with Gasteiger partial charge in [-0.25, -0.2) is 14.6 Å². The van der Waals surface area contributed by atoms with Crippen LogP contribution in [0, 0.1) is 17.7 Å². The number of pyridine rings is 1. The second-order valence-corrected chi connectivity index (χ2v) is 13.8. The number of carbonyl (C=O) groups excluding carboxylic acids is 1. The van der Waals surface area contributed by atoms with Gasteiger partial charge in [-0.2, -0.15) is 18.3 Å². The van der Waals surface area contributed by atoms with Gasteiger partial charge in [0, 0.05) is 12.4 Å². The van der Waals surface area contributed by atoms with Crippen LogP contribution in [0.25, 0.3) is 17.2 Å². The van der Waals surface area contributed by atoms with E-state index in [0.29, 0.717) is 11.6 Å². The normalized spacial score (nSPS) is 20.2. The zero-order valence-corrected chi connectivity index (χ0v) is 24.4. The SMILES string of the molecule is CC(C)([AsH2])c1cc(OC2[C@H]3CN(C(=O)c4cn(-c5ncccn5)nc4C(F)(F)F)C[C@@H]23)nc(-c2ccc(F)cc2)c1. The topological polar surface area (TPSA) is 86.0 Å². The Balaban J connectivity index is 1.19. The molecular weight excluding hydrogens is 603 g/mol. The molecule has 2 fully saturated rings. The molecule has 41 heavy (non-hydrogen) atoms. The van der Waals surface area contributed by atoms with Gasteiger partial charge in [0.2, 0.25) is 5.95 Å². The summed E-state index contributed by atoms with van der Waals surface area (Å²) in [5.41, 5.74) is 0.605. The van der Waals surface area contributed by atoms with E-state index in [-0.39, 0.29) is 47.0 Å². The number of likely N-dealkylation sites (tertiary alicyclic amines) is 1. The van der Waals surface area contributed by atoms with Crippen molar-refractivity contribution in [3.8, 4) is 23.1 Å². The van der Waals surface area contributed by atoms with Gasteiger partial charge in [0.15, 0.2) is 0 Å². The van der Waals surface area contributed by atoms with E-state index in [9.17, 15) is 22.4 Å². The monoisotopic (exact) mass is 628 g/mol. The molecule has 4 atom stereocenters. The average Bonchev–Trinajstić information content (AvgIpc) is 3.29. The van der Waals surface area contributed by atoms with Gasteiger partial charge in [-0.15, -0.1) is 0 Å². The fourth-order valence-electron chi connectivity index (χ4n) is 5.08. The van der Waals surface area contributed by atoms with Crippen molar-refractivity contribution < 1.29 is 27.1 Å². The number of aromatic nitrogens is 5. The number of halogens is 4. The molecule has 1 saturated heterocycles. The maximum absolute atomic E-state index is 13.8. The fraction of sp³-hybridized carbons (Fsp3) is 0.321. The molecule has 2 unspecified atom stereocenters. The average molecular weight is 628 g/mol. The third-order valence-electron chi connectivity index (χ3n) is 7.32. The third kappa shape index (κ3) is 5.45. The van der Waals surface area contributed by atoms with Gasteiger partial charge >= 0.3 is 184 Å². The number of benzene rings is 1. The maximum atomic E-state index is 13.8. The molecule has 4 heterocycles. The molecule has 0 bridgehead atoms. The van der Waals surface area contributed by atoms with Gasteiger partial charge in [-0.1, -0.05) is 0 Å². The van der Waals surface area contributed by atoms with Gasteiger partial charge in [0.1, 0.15) is 0 Å². The summed E-state index contributed by atoms with van der Waals surface area (Å²) in [6.07, 6.45) is -1.26. The first kappa shape index (κ1) is 27.4. The number of hydrogen-bond donors (Lipinski definition) is 0. The van der Waals surface area contributed by atoms with Crippen LogP contribution < -0.4 is 4.74 Å². The Morgan fingerprint density at radius 1 is 1.05 bits per heavy atom. The Bertz CT molecular complexity index is 1590. The Morgan fingerprint density at radius 3 is 2.32 bits per heavy atom. The van der Waals surface area contributed by atoms with Crippen LogP contribution in [0.1, 0.15) is 35.5 Å². The van der Waals surface area contributed by atoms with E-state index in [4.69, 9.17) is 4.74 Å². The van der Waals surface area contributed by atoms with E-state index in [2.05, 4.69) is 33.9 Å². The molecular formula is C28H25AsF4N6O2. The van der Waals surface area contributed by atoms with Crippen molar-refractivity contribution in [3.05, 3.63) is 83.7 Å². The van der Waals surface area contributed by atoms with Gasteiger partial charge in [0.25, 0.3) is 0 Å². The van der Waals surface area contributed by atoms with Crippen LogP contribution in [0.3, 0.4) is 0 Å². The van der Waals surface area contributed by atoms with Crippen LogP contribution in [0.2, 0.25) is 0 Å². The van der Waals surface area contributed by atoms with E-state index in [0.717, 1.165) is 22.0 Å². The molecule has 1 aliphatic carbocycles. The summed E-state index contributed by atoms with van der Waals surface area (Å²) >= 11 is 1.53. The second-order valence-electron chi connectivity index (χ2n) is 10.8. The van der Waals surface area contributed by atoms with Gasteiger partial charge in [0.05, 0.1) is 0 Å². The number of alkyl halides is 3. The van der Waals surface area contributed by atoms with Crippen molar-refractivity contribution >= 4 is 22.8 Å². The van der Waals surface area contributed by atoms with Crippen molar-refractivity contribution in [2.24, 2.45) is 11.8 Å². The number of ether oxygens (including phenoxy) is 1. The first-order valence-electron chi connectivity index (χ1n) is 12.9. The van der Waals surface area contributed by atoms with Crippen LogP contribution >= 0.6 is 0 Å². The van der Waals surface area contributed by atoms with E-state index >= 15 is 0 Å². The van der Waals surface area contributed by atoms with Gasteiger partial charge < -0.3 is 0 Å². The molecule has 0 radical (unpaired) electrons. The molecule has 6 rings (SSSR count). The van der Waals surface area contributed by atoms with Crippen LogP contribution in [0.4, 0.5) is 17.6 Å². The zero-order chi connectivity index (χ0) is 29.1. The van der Waals surface area contributed by atoms with Gasteiger partial charge in [-0.3, -0.25) is 0 Å². The molecule has 1 saturated carbocycles. The van der Waals surface area contributed by atoms with Crippen LogP contribution in [0.15, 0.2) is 61.1 Å². The Labute approximate surface area is 241 Å². The van der Waals surface area contributed by atoms with E-state index in [1.54, 1.807) is 12.1 Å². The Hall–Kier alpha value is -3.79. The molecule has 13 heteroatoms. The van der Waals surface area contributed by atoms with Crippen molar-refractivity contribution in [3.63, 3.8) is 0 Å². The number of rotatable bonds is 6. The number of hydrogen-bond acceptors (Lipinski definition) is 6. The van der Waals surface area contributed by atoms with Crippen LogP contribution in [-0.2, 0) is 10.4 Å². The van der Waals surface area contributed by atoms with Crippen molar-refractivity contribution in [2.75, 3.05) is 13.1 Å². The predicted molar refractivity (Wildman–Crippen MR) is 143 cm³/mol.